The number of aromatic nitrogens is 3. The Bertz CT molecular complexity index is 794. The summed E-state index contributed by atoms with van der Waals surface area (Å²) in [4.78, 5) is 4.36. The molecule has 110 valence electrons. The van der Waals surface area contributed by atoms with Crippen molar-refractivity contribution in [3.8, 4) is 17.0 Å². The Kier molecular flexibility index (Phi) is 3.87. The SMILES string of the molecule is C/C=C(\Oc1ccccc1)n1cnc(-c2ccc[n+](O)c2)c1. The van der Waals surface area contributed by atoms with Crippen LogP contribution in [-0.2, 0) is 0 Å². The zero-order valence-corrected chi connectivity index (χ0v) is 12.1. The molecule has 22 heavy (non-hydrogen) atoms. The van der Waals surface area contributed by atoms with Gasteiger partial charge >= 0.3 is 0 Å². The molecule has 0 fully saturated rings. The molecule has 0 aliphatic rings. The van der Waals surface area contributed by atoms with E-state index >= 15 is 0 Å². The highest BCUT2D eigenvalue weighted by atomic mass is 16.5. The van der Waals surface area contributed by atoms with Gasteiger partial charge in [0.25, 0.3) is 0 Å². The van der Waals surface area contributed by atoms with Crippen LogP contribution in [0.5, 0.6) is 5.75 Å². The fourth-order valence-corrected chi connectivity index (χ4v) is 2.08. The molecule has 1 N–H and O–H groups in total. The van der Waals surface area contributed by atoms with E-state index < -0.39 is 0 Å². The first kappa shape index (κ1) is 13.9. The standard InChI is InChI=1S/C17H16N3O2/c1-2-17(22-15-8-4-3-5-9-15)19-12-16(18-13-19)14-7-6-10-20(21)11-14/h2-13,21H,1H3/q+1/b17-2-. The lowest BCUT2D eigenvalue weighted by Crippen LogP contribution is -2.28. The van der Waals surface area contributed by atoms with E-state index in [1.54, 1.807) is 29.4 Å². The van der Waals surface area contributed by atoms with E-state index in [0.717, 1.165) is 21.7 Å². The van der Waals surface area contributed by atoms with Crippen LogP contribution in [0.25, 0.3) is 17.1 Å². The number of benzene rings is 1. The Morgan fingerprint density at radius 2 is 2.05 bits per heavy atom. The van der Waals surface area contributed by atoms with Gasteiger partial charge in [0, 0.05) is 17.0 Å². The summed E-state index contributed by atoms with van der Waals surface area (Å²) >= 11 is 0. The van der Waals surface area contributed by atoms with Crippen LogP contribution in [0, 0.1) is 0 Å². The van der Waals surface area contributed by atoms with Crippen LogP contribution >= 0.6 is 0 Å². The van der Waals surface area contributed by atoms with Crippen molar-refractivity contribution in [1.29, 1.82) is 0 Å². The second kappa shape index (κ2) is 6.13. The van der Waals surface area contributed by atoms with Crippen molar-refractivity contribution in [2.75, 3.05) is 0 Å². The van der Waals surface area contributed by atoms with Crippen LogP contribution < -0.4 is 9.47 Å². The molecule has 0 aliphatic heterocycles. The molecule has 0 spiro atoms. The van der Waals surface area contributed by atoms with Gasteiger partial charge in [-0.05, 0) is 31.2 Å². The van der Waals surface area contributed by atoms with Crippen LogP contribution in [0.3, 0.4) is 0 Å². The third kappa shape index (κ3) is 2.98. The van der Waals surface area contributed by atoms with E-state index in [9.17, 15) is 5.21 Å². The Labute approximate surface area is 128 Å². The first-order chi connectivity index (χ1) is 10.8. The number of allylic oxidation sites excluding steroid dienone is 1. The molecule has 1 aromatic carbocycles. The Morgan fingerprint density at radius 3 is 2.77 bits per heavy atom. The van der Waals surface area contributed by atoms with E-state index in [1.165, 1.54) is 0 Å². The molecule has 0 amide bonds. The number of para-hydroxylation sites is 1. The highest BCUT2D eigenvalue weighted by molar-refractivity contribution is 5.57. The largest absolute Gasteiger partial charge is 0.441 e. The van der Waals surface area contributed by atoms with Crippen molar-refractivity contribution in [1.82, 2.24) is 9.55 Å². The number of imidazole rings is 1. The van der Waals surface area contributed by atoms with Crippen molar-refractivity contribution >= 4 is 5.88 Å². The quantitative estimate of drug-likeness (QED) is 0.457. The summed E-state index contributed by atoms with van der Waals surface area (Å²) in [5, 5.41) is 9.48. The minimum absolute atomic E-state index is 0.665. The molecule has 0 atom stereocenters. The first-order valence-corrected chi connectivity index (χ1v) is 6.91. The fourth-order valence-electron chi connectivity index (χ4n) is 2.08. The van der Waals surface area contributed by atoms with Gasteiger partial charge in [-0.15, -0.1) is 0 Å². The molecule has 0 saturated heterocycles. The summed E-state index contributed by atoms with van der Waals surface area (Å²) < 4.78 is 8.66. The maximum Gasteiger partial charge on any atom is 0.231 e. The molecule has 2 heterocycles. The number of hydrogen-bond donors (Lipinski definition) is 1. The van der Waals surface area contributed by atoms with E-state index in [1.807, 2.05) is 55.6 Å². The lowest BCUT2D eigenvalue weighted by molar-refractivity contribution is -0.904. The van der Waals surface area contributed by atoms with Gasteiger partial charge in [-0.25, -0.2) is 4.98 Å². The molecule has 5 heteroatoms. The van der Waals surface area contributed by atoms with Crippen molar-refractivity contribution in [2.24, 2.45) is 0 Å². The normalized spacial score (nSPS) is 11.4. The average molecular weight is 294 g/mol. The molecule has 3 aromatic rings. The third-order valence-corrected chi connectivity index (χ3v) is 3.13. The second-order valence-corrected chi connectivity index (χ2v) is 4.68. The molecule has 0 radical (unpaired) electrons. The van der Waals surface area contributed by atoms with Crippen molar-refractivity contribution < 1.29 is 14.7 Å². The van der Waals surface area contributed by atoms with Crippen LogP contribution in [0.2, 0.25) is 0 Å². The summed E-state index contributed by atoms with van der Waals surface area (Å²) in [5.41, 5.74) is 1.57. The van der Waals surface area contributed by atoms with Crippen LogP contribution in [0.4, 0.5) is 0 Å². The summed E-state index contributed by atoms with van der Waals surface area (Å²) in [5.74, 6) is 1.43. The Hall–Kier alpha value is -3.08. The lowest BCUT2D eigenvalue weighted by atomic mass is 10.2. The van der Waals surface area contributed by atoms with E-state index in [0.29, 0.717) is 5.88 Å². The van der Waals surface area contributed by atoms with Gasteiger partial charge in [-0.2, -0.15) is 0 Å². The molecule has 0 bridgehead atoms. The minimum Gasteiger partial charge on any atom is -0.441 e. The highest BCUT2D eigenvalue weighted by Gasteiger charge is 2.09. The number of pyridine rings is 1. The monoisotopic (exact) mass is 294 g/mol. The molecule has 0 saturated carbocycles. The number of rotatable bonds is 4. The topological polar surface area (TPSA) is 51.2 Å². The first-order valence-electron chi connectivity index (χ1n) is 6.91. The lowest BCUT2D eigenvalue weighted by Gasteiger charge is -2.09. The zero-order chi connectivity index (χ0) is 15.4. The molecule has 2 aromatic heterocycles. The van der Waals surface area contributed by atoms with Gasteiger partial charge in [-0.3, -0.25) is 9.77 Å². The van der Waals surface area contributed by atoms with E-state index in [2.05, 4.69) is 4.98 Å². The molecular formula is C17H16N3O2+. The second-order valence-electron chi connectivity index (χ2n) is 4.68. The molecule has 0 unspecified atom stereocenters. The molecule has 5 nitrogen and oxygen atoms in total. The van der Waals surface area contributed by atoms with Crippen molar-refractivity contribution in [3.05, 3.63) is 73.5 Å². The predicted octanol–water partition coefficient (Wildman–Crippen LogP) is 2.97. The van der Waals surface area contributed by atoms with Gasteiger partial charge in [0.15, 0.2) is 0 Å². The molecular weight excluding hydrogens is 278 g/mol. The van der Waals surface area contributed by atoms with Gasteiger partial charge in [0.1, 0.15) is 12.1 Å². The van der Waals surface area contributed by atoms with E-state index in [-0.39, 0.29) is 0 Å². The third-order valence-electron chi connectivity index (χ3n) is 3.13. The summed E-state index contributed by atoms with van der Waals surface area (Å²) in [7, 11) is 0. The number of nitrogens with zero attached hydrogens (tertiary/aromatic N) is 3. The fraction of sp³-hybridized carbons (Fsp3) is 0.0588. The number of hydrogen-bond acceptors (Lipinski definition) is 3. The van der Waals surface area contributed by atoms with Gasteiger partial charge in [0.05, 0.1) is 11.3 Å². The summed E-state index contributed by atoms with van der Waals surface area (Å²) in [6.07, 6.45) is 8.56. The van der Waals surface area contributed by atoms with Crippen molar-refractivity contribution in [3.63, 3.8) is 0 Å². The summed E-state index contributed by atoms with van der Waals surface area (Å²) in [6, 6.07) is 13.2. The zero-order valence-electron chi connectivity index (χ0n) is 12.1. The summed E-state index contributed by atoms with van der Waals surface area (Å²) in [6.45, 7) is 1.90. The van der Waals surface area contributed by atoms with E-state index in [4.69, 9.17) is 4.74 Å². The Morgan fingerprint density at radius 1 is 1.23 bits per heavy atom. The Balaban J connectivity index is 1.86. The maximum absolute atomic E-state index is 9.48. The minimum atomic E-state index is 0.665. The highest BCUT2D eigenvalue weighted by Crippen LogP contribution is 2.19. The predicted molar refractivity (Wildman–Crippen MR) is 82.1 cm³/mol. The van der Waals surface area contributed by atoms with Crippen molar-refractivity contribution in [2.45, 2.75) is 6.92 Å². The smallest absolute Gasteiger partial charge is 0.231 e. The maximum atomic E-state index is 9.48. The van der Waals surface area contributed by atoms with Gasteiger partial charge in [-0.1, -0.05) is 18.2 Å². The molecule has 0 aliphatic carbocycles. The van der Waals surface area contributed by atoms with Gasteiger partial charge in [0.2, 0.25) is 18.3 Å². The van der Waals surface area contributed by atoms with Crippen LogP contribution in [0.1, 0.15) is 6.92 Å². The van der Waals surface area contributed by atoms with Gasteiger partial charge < -0.3 is 4.74 Å². The number of ether oxygens (including phenoxy) is 1. The average Bonchev–Trinajstić information content (AvgIpc) is 3.03. The van der Waals surface area contributed by atoms with Crippen LogP contribution in [0.15, 0.2) is 73.5 Å². The molecule has 3 rings (SSSR count). The van der Waals surface area contributed by atoms with Crippen LogP contribution in [-0.4, -0.2) is 14.8 Å².